The fraction of sp³-hybridized carbons (Fsp3) is 0.222. The van der Waals surface area contributed by atoms with Gasteiger partial charge in [0.2, 0.25) is 5.13 Å². The molecule has 160 valence electrons. The van der Waals surface area contributed by atoms with E-state index in [1.807, 2.05) is 12.3 Å². The molecule has 0 aliphatic heterocycles. The van der Waals surface area contributed by atoms with Crippen molar-refractivity contribution in [3.63, 3.8) is 0 Å². The van der Waals surface area contributed by atoms with Crippen molar-refractivity contribution in [1.29, 1.82) is 0 Å². The van der Waals surface area contributed by atoms with Gasteiger partial charge in [-0.25, -0.2) is 0 Å². The van der Waals surface area contributed by atoms with Crippen molar-refractivity contribution in [2.24, 2.45) is 0 Å². The van der Waals surface area contributed by atoms with Gasteiger partial charge >= 0.3 is 5.69 Å². The van der Waals surface area contributed by atoms with Crippen LogP contribution in [0.1, 0.15) is 16.3 Å². The number of rotatable bonds is 8. The first-order chi connectivity index (χ1) is 14.9. The van der Waals surface area contributed by atoms with Crippen molar-refractivity contribution in [1.82, 2.24) is 29.8 Å². The number of aryl methyl sites for hydroxylation is 2. The SMILES string of the molecule is Cc1c([N+](=O)[O-])cnn1CCc1nnc(Nc2ccn(Cc3c(Cl)cccc3Cl)n2)s1. The zero-order chi connectivity index (χ0) is 22.0. The normalized spacial score (nSPS) is 11.1. The van der Waals surface area contributed by atoms with Gasteiger partial charge in [0, 0.05) is 40.8 Å². The van der Waals surface area contributed by atoms with Crippen LogP contribution in [0.25, 0.3) is 0 Å². The molecule has 0 aliphatic carbocycles. The zero-order valence-corrected chi connectivity index (χ0v) is 18.5. The summed E-state index contributed by atoms with van der Waals surface area (Å²) >= 11 is 13.8. The Morgan fingerprint density at radius 2 is 2.00 bits per heavy atom. The van der Waals surface area contributed by atoms with Gasteiger partial charge in [0.05, 0.1) is 11.5 Å². The summed E-state index contributed by atoms with van der Waals surface area (Å²) in [6.45, 7) is 2.59. The molecule has 10 nitrogen and oxygen atoms in total. The Morgan fingerprint density at radius 1 is 1.23 bits per heavy atom. The molecule has 1 N–H and O–H groups in total. The van der Waals surface area contributed by atoms with E-state index in [4.69, 9.17) is 23.2 Å². The van der Waals surface area contributed by atoms with E-state index in [0.717, 1.165) is 10.6 Å². The van der Waals surface area contributed by atoms with Crippen LogP contribution in [0.3, 0.4) is 0 Å². The fourth-order valence-electron chi connectivity index (χ4n) is 2.92. The Hall–Kier alpha value is -3.02. The number of halogens is 2. The Bertz CT molecular complexity index is 1210. The number of hydrogen-bond acceptors (Lipinski definition) is 8. The summed E-state index contributed by atoms with van der Waals surface area (Å²) in [7, 11) is 0. The molecular formula is C18H16Cl2N8O2S. The van der Waals surface area contributed by atoms with Crippen LogP contribution in [-0.4, -0.2) is 34.7 Å². The van der Waals surface area contributed by atoms with E-state index in [9.17, 15) is 10.1 Å². The van der Waals surface area contributed by atoms with E-state index in [-0.39, 0.29) is 5.69 Å². The minimum atomic E-state index is -0.440. The van der Waals surface area contributed by atoms with Crippen molar-refractivity contribution in [3.8, 4) is 0 Å². The maximum Gasteiger partial charge on any atom is 0.309 e. The summed E-state index contributed by atoms with van der Waals surface area (Å²) in [6.07, 6.45) is 3.63. The molecule has 1 aromatic carbocycles. The van der Waals surface area contributed by atoms with Gasteiger partial charge in [-0.2, -0.15) is 10.2 Å². The van der Waals surface area contributed by atoms with Crippen LogP contribution in [0.15, 0.2) is 36.7 Å². The van der Waals surface area contributed by atoms with Gasteiger partial charge in [-0.05, 0) is 19.1 Å². The standard InChI is InChI=1S/C18H16Cl2N8O2S/c1-11-15(28(29)30)9-21-27(11)8-6-17-23-24-18(31-17)22-16-5-7-26(25-16)10-12-13(19)3-2-4-14(12)20/h2-5,7,9H,6,8,10H2,1H3,(H,22,24,25). The predicted octanol–water partition coefficient (Wildman–Crippen LogP) is 4.49. The Balaban J connectivity index is 1.37. The molecule has 0 radical (unpaired) electrons. The maximum absolute atomic E-state index is 10.9. The highest BCUT2D eigenvalue weighted by molar-refractivity contribution is 7.15. The second-order valence-electron chi connectivity index (χ2n) is 6.57. The van der Waals surface area contributed by atoms with Gasteiger partial charge in [-0.3, -0.25) is 19.5 Å². The maximum atomic E-state index is 10.9. The van der Waals surface area contributed by atoms with E-state index in [0.29, 0.717) is 46.2 Å². The first-order valence-electron chi connectivity index (χ1n) is 9.13. The van der Waals surface area contributed by atoms with Gasteiger partial charge in [0.1, 0.15) is 16.9 Å². The summed E-state index contributed by atoms with van der Waals surface area (Å²) < 4.78 is 3.32. The minimum Gasteiger partial charge on any atom is -0.313 e. The number of aromatic nitrogens is 6. The molecule has 3 heterocycles. The van der Waals surface area contributed by atoms with Crippen LogP contribution in [-0.2, 0) is 19.5 Å². The first-order valence-corrected chi connectivity index (χ1v) is 10.7. The molecule has 0 aliphatic rings. The molecule has 0 amide bonds. The average Bonchev–Trinajstić information content (AvgIpc) is 3.44. The van der Waals surface area contributed by atoms with E-state index in [1.54, 1.807) is 34.5 Å². The number of nitrogens with one attached hydrogen (secondary N) is 1. The number of nitro groups is 1. The third-order valence-corrected chi connectivity index (χ3v) is 6.14. The molecule has 13 heteroatoms. The van der Waals surface area contributed by atoms with E-state index in [1.165, 1.54) is 17.5 Å². The summed E-state index contributed by atoms with van der Waals surface area (Å²) in [5.74, 6) is 0.615. The second kappa shape index (κ2) is 9.00. The van der Waals surface area contributed by atoms with Gasteiger partial charge in [0.15, 0.2) is 5.82 Å². The van der Waals surface area contributed by atoms with Gasteiger partial charge in [0.25, 0.3) is 0 Å². The Kier molecular flexibility index (Phi) is 6.16. The summed E-state index contributed by atoms with van der Waals surface area (Å²) in [6, 6.07) is 7.19. The van der Waals surface area contributed by atoms with Crippen molar-refractivity contribution in [2.45, 2.75) is 26.4 Å². The highest BCUT2D eigenvalue weighted by Crippen LogP contribution is 2.26. The van der Waals surface area contributed by atoms with Gasteiger partial charge < -0.3 is 5.32 Å². The monoisotopic (exact) mass is 478 g/mol. The van der Waals surface area contributed by atoms with E-state index < -0.39 is 4.92 Å². The Morgan fingerprint density at radius 3 is 2.71 bits per heavy atom. The lowest BCUT2D eigenvalue weighted by Crippen LogP contribution is -2.05. The van der Waals surface area contributed by atoms with Crippen LogP contribution in [0.5, 0.6) is 0 Å². The van der Waals surface area contributed by atoms with Crippen molar-refractivity contribution in [3.05, 3.63) is 73.1 Å². The first kappa shape index (κ1) is 21.2. The van der Waals surface area contributed by atoms with E-state index >= 15 is 0 Å². The highest BCUT2D eigenvalue weighted by Gasteiger charge is 2.16. The van der Waals surface area contributed by atoms with Gasteiger partial charge in [-0.1, -0.05) is 40.6 Å². The number of nitrogens with zero attached hydrogens (tertiary/aromatic N) is 7. The van der Waals surface area contributed by atoms with Crippen molar-refractivity contribution < 1.29 is 4.92 Å². The fourth-order valence-corrected chi connectivity index (χ4v) is 4.17. The average molecular weight is 479 g/mol. The van der Waals surface area contributed by atoms with Crippen molar-refractivity contribution in [2.75, 3.05) is 5.32 Å². The van der Waals surface area contributed by atoms with Crippen LogP contribution in [0.4, 0.5) is 16.6 Å². The second-order valence-corrected chi connectivity index (χ2v) is 8.45. The molecule has 31 heavy (non-hydrogen) atoms. The molecule has 0 spiro atoms. The lowest BCUT2D eigenvalue weighted by molar-refractivity contribution is -0.385. The predicted molar refractivity (Wildman–Crippen MR) is 118 cm³/mol. The third-order valence-electron chi connectivity index (χ3n) is 4.54. The molecule has 0 fully saturated rings. The van der Waals surface area contributed by atoms with Crippen molar-refractivity contribution >= 4 is 51.2 Å². The highest BCUT2D eigenvalue weighted by atomic mass is 35.5. The number of hydrogen-bond donors (Lipinski definition) is 1. The molecule has 3 aromatic heterocycles. The lowest BCUT2D eigenvalue weighted by atomic mass is 10.2. The third kappa shape index (κ3) is 4.84. The molecule has 0 bridgehead atoms. The Labute approximate surface area is 190 Å². The number of anilines is 2. The minimum absolute atomic E-state index is 0.00767. The zero-order valence-electron chi connectivity index (χ0n) is 16.2. The molecule has 0 unspecified atom stereocenters. The summed E-state index contributed by atoms with van der Waals surface area (Å²) in [4.78, 5) is 10.5. The molecule has 4 rings (SSSR count). The molecule has 0 saturated carbocycles. The topological polar surface area (TPSA) is 117 Å². The van der Waals surface area contributed by atoms with Gasteiger partial charge in [-0.15, -0.1) is 10.2 Å². The molecule has 4 aromatic rings. The quantitative estimate of drug-likeness (QED) is 0.292. The summed E-state index contributed by atoms with van der Waals surface area (Å²) in [5, 5.41) is 33.4. The smallest absolute Gasteiger partial charge is 0.309 e. The van der Waals surface area contributed by atoms with E-state index in [2.05, 4.69) is 25.7 Å². The van der Waals surface area contributed by atoms with Crippen LogP contribution >= 0.6 is 34.5 Å². The summed E-state index contributed by atoms with van der Waals surface area (Å²) in [5.41, 5.74) is 1.32. The molecule has 0 saturated heterocycles. The lowest BCUT2D eigenvalue weighted by Gasteiger charge is -2.06. The van der Waals surface area contributed by atoms with Crippen LogP contribution in [0.2, 0.25) is 10.0 Å². The molecular weight excluding hydrogens is 463 g/mol. The molecule has 0 atom stereocenters. The van der Waals surface area contributed by atoms with Crippen LogP contribution < -0.4 is 5.32 Å². The number of benzene rings is 1. The van der Waals surface area contributed by atoms with Crippen LogP contribution in [0, 0.1) is 17.0 Å². The largest absolute Gasteiger partial charge is 0.313 e.